The smallest absolute Gasteiger partial charge is 0.412 e. The van der Waals surface area contributed by atoms with Gasteiger partial charge in [0.25, 0.3) is 0 Å². The molecule has 0 saturated heterocycles. The SMILES string of the molecule is COc1ccnc(-c2nnc(-c3ccc(NC(=O)OC(C)(C)C)cc3)nn2)c1C. The minimum Gasteiger partial charge on any atom is -0.496 e. The Morgan fingerprint density at radius 2 is 1.59 bits per heavy atom. The van der Waals surface area contributed by atoms with Crippen molar-refractivity contribution >= 4 is 11.8 Å². The number of ether oxygens (including phenoxy) is 2. The third kappa shape index (κ3) is 5.01. The van der Waals surface area contributed by atoms with Crippen LogP contribution in [0.1, 0.15) is 26.3 Å². The van der Waals surface area contributed by atoms with Crippen LogP contribution in [0.25, 0.3) is 22.9 Å². The van der Waals surface area contributed by atoms with Crippen LogP contribution < -0.4 is 10.1 Å². The van der Waals surface area contributed by atoms with Crippen LogP contribution >= 0.6 is 0 Å². The zero-order chi connectivity index (χ0) is 21.0. The number of pyridine rings is 1. The van der Waals surface area contributed by atoms with Gasteiger partial charge in [0.1, 0.15) is 17.0 Å². The number of hydrogen-bond donors (Lipinski definition) is 1. The second kappa shape index (κ2) is 8.17. The first-order valence-electron chi connectivity index (χ1n) is 8.94. The van der Waals surface area contributed by atoms with Crippen molar-refractivity contribution in [2.45, 2.75) is 33.3 Å². The van der Waals surface area contributed by atoms with Gasteiger partial charge in [0, 0.05) is 23.0 Å². The van der Waals surface area contributed by atoms with E-state index in [2.05, 4.69) is 30.7 Å². The lowest BCUT2D eigenvalue weighted by Gasteiger charge is -2.19. The van der Waals surface area contributed by atoms with E-state index in [1.165, 1.54) is 0 Å². The highest BCUT2D eigenvalue weighted by atomic mass is 16.6. The van der Waals surface area contributed by atoms with Crippen molar-refractivity contribution in [2.75, 3.05) is 12.4 Å². The highest BCUT2D eigenvalue weighted by Gasteiger charge is 2.16. The maximum atomic E-state index is 11.8. The summed E-state index contributed by atoms with van der Waals surface area (Å²) in [4.78, 5) is 16.1. The lowest BCUT2D eigenvalue weighted by molar-refractivity contribution is 0.0636. The molecule has 0 radical (unpaired) electrons. The van der Waals surface area contributed by atoms with Crippen LogP contribution in [0.4, 0.5) is 10.5 Å². The number of anilines is 1. The molecule has 0 atom stereocenters. The summed E-state index contributed by atoms with van der Waals surface area (Å²) in [6, 6.07) is 8.75. The van der Waals surface area contributed by atoms with Crippen molar-refractivity contribution < 1.29 is 14.3 Å². The largest absolute Gasteiger partial charge is 0.496 e. The maximum absolute atomic E-state index is 11.8. The maximum Gasteiger partial charge on any atom is 0.412 e. The van der Waals surface area contributed by atoms with E-state index in [-0.39, 0.29) is 0 Å². The van der Waals surface area contributed by atoms with E-state index in [9.17, 15) is 4.79 Å². The van der Waals surface area contributed by atoms with E-state index < -0.39 is 11.7 Å². The van der Waals surface area contributed by atoms with Crippen molar-refractivity contribution in [1.82, 2.24) is 25.4 Å². The van der Waals surface area contributed by atoms with Gasteiger partial charge in [-0.25, -0.2) is 4.79 Å². The van der Waals surface area contributed by atoms with Crippen LogP contribution in [0.2, 0.25) is 0 Å². The molecule has 0 aliphatic heterocycles. The fourth-order valence-electron chi connectivity index (χ4n) is 2.53. The number of methoxy groups -OCH3 is 1. The number of carbonyl (C=O) groups excluding carboxylic acids is 1. The van der Waals surface area contributed by atoms with Crippen molar-refractivity contribution in [3.63, 3.8) is 0 Å². The molecule has 29 heavy (non-hydrogen) atoms. The molecule has 1 N–H and O–H groups in total. The fourth-order valence-corrected chi connectivity index (χ4v) is 2.53. The van der Waals surface area contributed by atoms with Gasteiger partial charge in [-0.15, -0.1) is 20.4 Å². The molecule has 3 rings (SSSR count). The summed E-state index contributed by atoms with van der Waals surface area (Å²) < 4.78 is 10.5. The van der Waals surface area contributed by atoms with Crippen LogP contribution in [-0.2, 0) is 4.74 Å². The van der Waals surface area contributed by atoms with Crippen LogP contribution in [0, 0.1) is 6.92 Å². The second-order valence-electron chi connectivity index (χ2n) is 7.24. The number of aromatic nitrogens is 5. The summed E-state index contributed by atoms with van der Waals surface area (Å²) in [5.41, 5.74) is 2.11. The zero-order valence-electron chi connectivity index (χ0n) is 16.9. The van der Waals surface area contributed by atoms with Gasteiger partial charge < -0.3 is 9.47 Å². The van der Waals surface area contributed by atoms with Gasteiger partial charge in [0.15, 0.2) is 0 Å². The minimum atomic E-state index is -0.563. The number of nitrogens with zero attached hydrogens (tertiary/aromatic N) is 5. The summed E-state index contributed by atoms with van der Waals surface area (Å²) in [5, 5.41) is 19.2. The van der Waals surface area contributed by atoms with Gasteiger partial charge in [-0.2, -0.15) is 0 Å². The quantitative estimate of drug-likeness (QED) is 0.713. The van der Waals surface area contributed by atoms with Crippen LogP contribution in [0.5, 0.6) is 5.75 Å². The first kappa shape index (κ1) is 20.1. The molecule has 2 heterocycles. The third-order valence-corrected chi connectivity index (χ3v) is 3.85. The Labute approximate surface area is 168 Å². The lowest BCUT2D eigenvalue weighted by atomic mass is 10.2. The van der Waals surface area contributed by atoms with Gasteiger partial charge in [-0.3, -0.25) is 10.3 Å². The molecule has 0 unspecified atom stereocenters. The summed E-state index contributed by atoms with van der Waals surface area (Å²) in [6.07, 6.45) is 1.10. The highest BCUT2D eigenvalue weighted by molar-refractivity contribution is 5.85. The summed E-state index contributed by atoms with van der Waals surface area (Å²) in [5.74, 6) is 1.36. The predicted molar refractivity (Wildman–Crippen MR) is 107 cm³/mol. The van der Waals surface area contributed by atoms with Crippen molar-refractivity contribution in [3.05, 3.63) is 42.1 Å². The topological polar surface area (TPSA) is 112 Å². The Bertz CT molecular complexity index is 998. The predicted octanol–water partition coefficient (Wildman–Crippen LogP) is 3.66. The molecule has 0 aliphatic rings. The van der Waals surface area contributed by atoms with E-state index in [0.717, 1.165) is 5.56 Å². The summed E-state index contributed by atoms with van der Waals surface area (Å²) >= 11 is 0. The van der Waals surface area contributed by atoms with E-state index in [0.29, 0.717) is 34.3 Å². The molecular weight excluding hydrogens is 372 g/mol. The number of rotatable bonds is 4. The third-order valence-electron chi connectivity index (χ3n) is 3.85. The summed E-state index contributed by atoms with van der Waals surface area (Å²) in [7, 11) is 1.59. The molecule has 9 heteroatoms. The van der Waals surface area contributed by atoms with E-state index >= 15 is 0 Å². The Balaban J connectivity index is 1.74. The number of amides is 1. The molecule has 0 saturated carbocycles. The molecule has 2 aromatic heterocycles. The number of hydrogen-bond acceptors (Lipinski definition) is 8. The van der Waals surface area contributed by atoms with Gasteiger partial charge in [-0.05, 0) is 58.0 Å². The molecular formula is C20H22N6O3. The molecule has 0 aliphatic carbocycles. The van der Waals surface area contributed by atoms with E-state index in [1.54, 1.807) is 64.4 Å². The van der Waals surface area contributed by atoms with Crippen molar-refractivity contribution in [1.29, 1.82) is 0 Å². The van der Waals surface area contributed by atoms with E-state index in [4.69, 9.17) is 9.47 Å². The first-order valence-corrected chi connectivity index (χ1v) is 8.94. The average molecular weight is 394 g/mol. The Morgan fingerprint density at radius 3 is 2.17 bits per heavy atom. The molecule has 0 fully saturated rings. The summed E-state index contributed by atoms with van der Waals surface area (Å²) in [6.45, 7) is 7.28. The monoisotopic (exact) mass is 394 g/mol. The van der Waals surface area contributed by atoms with Gasteiger partial charge in [-0.1, -0.05) is 0 Å². The highest BCUT2D eigenvalue weighted by Crippen LogP contribution is 2.25. The lowest BCUT2D eigenvalue weighted by Crippen LogP contribution is -2.27. The average Bonchev–Trinajstić information content (AvgIpc) is 2.67. The minimum absolute atomic E-state index is 0.313. The first-order chi connectivity index (χ1) is 13.8. The Kier molecular flexibility index (Phi) is 5.67. The van der Waals surface area contributed by atoms with Gasteiger partial charge >= 0.3 is 6.09 Å². The van der Waals surface area contributed by atoms with Gasteiger partial charge in [0.05, 0.1) is 7.11 Å². The molecule has 9 nitrogen and oxygen atoms in total. The van der Waals surface area contributed by atoms with Crippen molar-refractivity contribution in [2.24, 2.45) is 0 Å². The van der Waals surface area contributed by atoms with E-state index in [1.807, 2.05) is 6.92 Å². The molecule has 1 aromatic carbocycles. The molecule has 0 bridgehead atoms. The van der Waals surface area contributed by atoms with Crippen molar-refractivity contribution in [3.8, 4) is 28.7 Å². The number of benzene rings is 1. The number of nitrogens with one attached hydrogen (secondary N) is 1. The molecule has 3 aromatic rings. The fraction of sp³-hybridized carbons (Fsp3) is 0.300. The molecule has 0 spiro atoms. The standard InChI is InChI=1S/C20H22N6O3/c1-12-15(28-5)10-11-21-16(12)18-25-23-17(24-26-18)13-6-8-14(9-7-13)22-19(27)29-20(2,3)4/h6-11H,1-5H3,(H,22,27). The zero-order valence-corrected chi connectivity index (χ0v) is 16.9. The molecule has 1 amide bonds. The second-order valence-corrected chi connectivity index (χ2v) is 7.24. The Hall–Kier alpha value is -3.62. The van der Waals surface area contributed by atoms with Gasteiger partial charge in [0.2, 0.25) is 11.6 Å². The number of carbonyl (C=O) groups is 1. The normalized spacial score (nSPS) is 11.1. The van der Waals surface area contributed by atoms with Crippen LogP contribution in [0.3, 0.4) is 0 Å². The molecule has 150 valence electrons. The Morgan fingerprint density at radius 1 is 0.966 bits per heavy atom. The van der Waals surface area contributed by atoms with Crippen LogP contribution in [-0.4, -0.2) is 44.2 Å². The van der Waals surface area contributed by atoms with Crippen LogP contribution in [0.15, 0.2) is 36.5 Å².